The highest BCUT2D eigenvalue weighted by molar-refractivity contribution is 5.98. The van der Waals surface area contributed by atoms with Gasteiger partial charge in [-0.05, 0) is 65.9 Å². The summed E-state index contributed by atoms with van der Waals surface area (Å²) in [4.78, 5) is 44.1. The van der Waals surface area contributed by atoms with Gasteiger partial charge in [-0.25, -0.2) is 8.78 Å². The lowest BCUT2D eigenvalue weighted by atomic mass is 9.97. The molecule has 0 fully saturated rings. The van der Waals surface area contributed by atoms with Crippen molar-refractivity contribution in [3.63, 3.8) is 0 Å². The third-order valence-electron chi connectivity index (χ3n) is 8.10. The topological polar surface area (TPSA) is 95.7 Å². The lowest BCUT2D eigenvalue weighted by Gasteiger charge is -2.34. The Bertz CT molecular complexity index is 1660. The molecule has 0 aliphatic rings. The fourth-order valence-electron chi connectivity index (χ4n) is 5.35. The summed E-state index contributed by atoms with van der Waals surface area (Å²) in [5.41, 5.74) is 10.4. The molecule has 0 aromatic heterocycles. The van der Waals surface area contributed by atoms with Gasteiger partial charge in [-0.15, -0.1) is 0 Å². The molecule has 46 heavy (non-hydrogen) atoms. The second-order valence-corrected chi connectivity index (χ2v) is 11.4. The number of benzene rings is 4. The second-order valence-electron chi connectivity index (χ2n) is 11.4. The summed E-state index contributed by atoms with van der Waals surface area (Å²) in [6.07, 6.45) is 0.110. The number of nitrogens with zero attached hydrogens (tertiary/aromatic N) is 2. The summed E-state index contributed by atoms with van der Waals surface area (Å²) in [5, 5.41) is 2.74. The van der Waals surface area contributed by atoms with Crippen molar-refractivity contribution in [2.75, 3.05) is 20.6 Å². The molecule has 1 unspecified atom stereocenters. The van der Waals surface area contributed by atoms with E-state index in [1.807, 2.05) is 67.6 Å². The molecule has 0 saturated heterocycles. The van der Waals surface area contributed by atoms with Gasteiger partial charge in [0.25, 0.3) is 5.91 Å². The second kappa shape index (κ2) is 15.4. The van der Waals surface area contributed by atoms with E-state index in [2.05, 4.69) is 5.32 Å². The number of rotatable bonds is 12. The first-order valence-corrected chi connectivity index (χ1v) is 15.3. The minimum absolute atomic E-state index is 0.0577. The van der Waals surface area contributed by atoms with Gasteiger partial charge in [0.05, 0.1) is 0 Å². The molecule has 3 amide bonds. The van der Waals surface area contributed by atoms with Crippen molar-refractivity contribution in [3.05, 3.63) is 131 Å². The highest BCUT2D eigenvalue weighted by atomic mass is 19.2. The molecule has 0 bridgehead atoms. The number of likely N-dealkylation sites (N-methyl/N-ethyl adjacent to an activating group) is 3. The van der Waals surface area contributed by atoms with E-state index in [1.165, 1.54) is 22.9 Å². The molecule has 3 atom stereocenters. The first-order valence-electron chi connectivity index (χ1n) is 15.3. The molecule has 0 heterocycles. The predicted molar refractivity (Wildman–Crippen MR) is 176 cm³/mol. The standard InChI is InChI=1S/C37H40F2N4O3/c1-5-41-35(44)33(22-26-16-19-31(38)32(39)20-26)42(3)37(46)34(43(4)36(45)30-13-9-12-29(23-30)24(2)40)21-25-14-17-28(18-15-25)27-10-7-6-8-11-27/h6-20,23-24,33-34H,5,21-22,40H2,1-4H3,(H,41,44)/t24?,33-,34-/m1/s1. The Morgan fingerprint density at radius 1 is 0.739 bits per heavy atom. The van der Waals surface area contributed by atoms with Crippen LogP contribution in [0.3, 0.4) is 0 Å². The number of hydrogen-bond donors (Lipinski definition) is 2. The number of nitrogens with two attached hydrogens (primary N) is 1. The van der Waals surface area contributed by atoms with Crippen LogP contribution in [0.4, 0.5) is 8.78 Å². The van der Waals surface area contributed by atoms with Crippen LogP contribution in [0.2, 0.25) is 0 Å². The molecule has 0 aliphatic carbocycles. The van der Waals surface area contributed by atoms with Crippen LogP contribution in [0.1, 0.15) is 46.9 Å². The lowest BCUT2D eigenvalue weighted by Crippen LogP contribution is -2.56. The highest BCUT2D eigenvalue weighted by Gasteiger charge is 2.35. The van der Waals surface area contributed by atoms with Gasteiger partial charge >= 0.3 is 0 Å². The van der Waals surface area contributed by atoms with Crippen LogP contribution in [-0.2, 0) is 22.4 Å². The Morgan fingerprint density at radius 2 is 1.37 bits per heavy atom. The van der Waals surface area contributed by atoms with Crippen molar-refractivity contribution >= 4 is 17.7 Å². The van der Waals surface area contributed by atoms with E-state index in [4.69, 9.17) is 5.73 Å². The largest absolute Gasteiger partial charge is 0.355 e. The van der Waals surface area contributed by atoms with Gasteiger partial charge in [-0.3, -0.25) is 14.4 Å². The Labute approximate surface area is 269 Å². The van der Waals surface area contributed by atoms with E-state index in [-0.39, 0.29) is 24.8 Å². The zero-order chi connectivity index (χ0) is 33.4. The van der Waals surface area contributed by atoms with Crippen molar-refractivity contribution < 1.29 is 23.2 Å². The van der Waals surface area contributed by atoms with Crippen molar-refractivity contribution in [2.45, 2.75) is 44.8 Å². The van der Waals surface area contributed by atoms with Gasteiger partial charge in [0.1, 0.15) is 12.1 Å². The summed E-state index contributed by atoms with van der Waals surface area (Å²) in [6.45, 7) is 3.88. The van der Waals surface area contributed by atoms with Crippen molar-refractivity contribution in [2.24, 2.45) is 5.73 Å². The third kappa shape index (κ3) is 8.22. The summed E-state index contributed by atoms with van der Waals surface area (Å²) in [7, 11) is 3.05. The van der Waals surface area contributed by atoms with Crippen LogP contribution in [0.15, 0.2) is 97.1 Å². The Kier molecular flexibility index (Phi) is 11.4. The average molecular weight is 627 g/mol. The smallest absolute Gasteiger partial charge is 0.254 e. The molecule has 240 valence electrons. The quantitative estimate of drug-likeness (QED) is 0.216. The SMILES string of the molecule is CCNC(=O)[C@@H](Cc1ccc(F)c(F)c1)N(C)C(=O)[C@@H](Cc1ccc(-c2ccccc2)cc1)N(C)C(=O)c1cccc(C(C)N)c1. The van der Waals surface area contributed by atoms with E-state index in [1.54, 1.807) is 32.2 Å². The first kappa shape index (κ1) is 34.0. The van der Waals surface area contributed by atoms with E-state index in [0.717, 1.165) is 34.4 Å². The van der Waals surface area contributed by atoms with E-state index in [9.17, 15) is 23.2 Å². The van der Waals surface area contributed by atoms with E-state index >= 15 is 0 Å². The van der Waals surface area contributed by atoms with E-state index < -0.39 is 35.5 Å². The number of hydrogen-bond acceptors (Lipinski definition) is 4. The Hall–Kier alpha value is -4.89. The maximum absolute atomic E-state index is 14.3. The molecule has 4 aromatic rings. The zero-order valence-corrected chi connectivity index (χ0v) is 26.5. The van der Waals surface area contributed by atoms with Crippen LogP contribution < -0.4 is 11.1 Å². The summed E-state index contributed by atoms with van der Waals surface area (Å²) in [6, 6.07) is 25.7. The third-order valence-corrected chi connectivity index (χ3v) is 8.10. The first-order chi connectivity index (χ1) is 22.0. The number of halogens is 2. The van der Waals surface area contributed by atoms with Crippen molar-refractivity contribution in [3.8, 4) is 11.1 Å². The molecule has 7 nitrogen and oxygen atoms in total. The lowest BCUT2D eigenvalue weighted by molar-refractivity contribution is -0.142. The zero-order valence-electron chi connectivity index (χ0n) is 26.5. The van der Waals surface area contributed by atoms with Crippen LogP contribution in [0, 0.1) is 11.6 Å². The van der Waals surface area contributed by atoms with Crippen LogP contribution in [0.5, 0.6) is 0 Å². The Morgan fingerprint density at radius 3 is 2.00 bits per heavy atom. The maximum Gasteiger partial charge on any atom is 0.254 e. The highest BCUT2D eigenvalue weighted by Crippen LogP contribution is 2.23. The van der Waals surface area contributed by atoms with Crippen LogP contribution in [-0.4, -0.2) is 60.2 Å². The number of nitrogens with one attached hydrogen (secondary N) is 1. The molecule has 0 spiro atoms. The van der Waals surface area contributed by atoms with Gasteiger partial charge in [-0.1, -0.05) is 72.8 Å². The normalized spacial score (nSPS) is 12.9. The van der Waals surface area contributed by atoms with Gasteiger partial charge in [0.2, 0.25) is 11.8 Å². The molecule has 0 saturated carbocycles. The summed E-state index contributed by atoms with van der Waals surface area (Å²) >= 11 is 0. The van der Waals surface area contributed by atoms with Crippen LogP contribution >= 0.6 is 0 Å². The van der Waals surface area contributed by atoms with Gasteiger partial charge in [0.15, 0.2) is 11.6 Å². The molecular weight excluding hydrogens is 586 g/mol. The molecular formula is C37H40F2N4O3. The fraction of sp³-hybridized carbons (Fsp3) is 0.270. The molecule has 0 aliphatic heterocycles. The molecule has 9 heteroatoms. The van der Waals surface area contributed by atoms with Gasteiger partial charge in [-0.2, -0.15) is 0 Å². The van der Waals surface area contributed by atoms with Crippen molar-refractivity contribution in [1.82, 2.24) is 15.1 Å². The predicted octanol–water partition coefficient (Wildman–Crippen LogP) is 5.54. The van der Waals surface area contributed by atoms with E-state index in [0.29, 0.717) is 17.7 Å². The minimum Gasteiger partial charge on any atom is -0.355 e. The van der Waals surface area contributed by atoms with Crippen molar-refractivity contribution in [1.29, 1.82) is 0 Å². The molecule has 0 radical (unpaired) electrons. The Balaban J connectivity index is 1.69. The van der Waals surface area contributed by atoms with Gasteiger partial charge in [0, 0.05) is 45.1 Å². The average Bonchev–Trinajstić information content (AvgIpc) is 3.07. The molecule has 4 rings (SSSR count). The number of carbonyl (C=O) groups excluding carboxylic acids is 3. The molecule has 3 N–H and O–H groups in total. The van der Waals surface area contributed by atoms with Crippen LogP contribution in [0.25, 0.3) is 11.1 Å². The fourth-order valence-corrected chi connectivity index (χ4v) is 5.35. The summed E-state index contributed by atoms with van der Waals surface area (Å²) < 4.78 is 27.7. The summed E-state index contributed by atoms with van der Waals surface area (Å²) in [5.74, 6) is -3.37. The minimum atomic E-state index is -1.05. The number of amides is 3. The number of carbonyl (C=O) groups is 3. The molecule has 4 aromatic carbocycles. The maximum atomic E-state index is 14.3. The van der Waals surface area contributed by atoms with Gasteiger partial charge < -0.3 is 20.9 Å². The monoisotopic (exact) mass is 626 g/mol.